The van der Waals surface area contributed by atoms with Gasteiger partial charge in [-0.2, -0.15) is 0 Å². The zero-order valence-electron chi connectivity index (χ0n) is 18.4. The second-order valence-electron chi connectivity index (χ2n) is 7.37. The third-order valence-electron chi connectivity index (χ3n) is 4.53. The highest BCUT2D eigenvalue weighted by atomic mass is 35.5. The van der Waals surface area contributed by atoms with Crippen LogP contribution in [0.5, 0.6) is 17.4 Å². The molecule has 0 unspecified atom stereocenters. The maximum atomic E-state index is 12.9. The van der Waals surface area contributed by atoms with Crippen LogP contribution in [0.25, 0.3) is 6.08 Å². The van der Waals surface area contributed by atoms with Crippen molar-refractivity contribution in [3.05, 3.63) is 92.1 Å². The van der Waals surface area contributed by atoms with Crippen molar-refractivity contribution < 1.29 is 19.2 Å². The number of halogens is 2. The molecule has 0 saturated carbocycles. The second-order valence-corrected chi connectivity index (χ2v) is 8.19. The molecule has 176 valence electrons. The van der Waals surface area contributed by atoms with E-state index in [4.69, 9.17) is 32.7 Å². The average Bonchev–Trinajstić information content (AvgIpc) is 2.81. The van der Waals surface area contributed by atoms with Gasteiger partial charge in [0.25, 0.3) is 5.69 Å². The fourth-order valence-electron chi connectivity index (χ4n) is 2.81. The van der Waals surface area contributed by atoms with Gasteiger partial charge >= 0.3 is 0 Å². The minimum Gasteiger partial charge on any atom is -0.488 e. The number of hydrogen-bond acceptors (Lipinski definition) is 7. The molecule has 10 heteroatoms. The van der Waals surface area contributed by atoms with Gasteiger partial charge in [-0.25, -0.2) is 4.98 Å². The molecule has 3 rings (SSSR count). The van der Waals surface area contributed by atoms with Crippen LogP contribution < -0.4 is 9.47 Å². The minimum absolute atomic E-state index is 0.0482. The number of benzene rings is 2. The number of nitrogens with zero attached hydrogens (tertiary/aromatic N) is 3. The van der Waals surface area contributed by atoms with E-state index in [0.717, 1.165) is 0 Å². The quantitative estimate of drug-likeness (QED) is 0.147. The standard InChI is InChI=1S/C24H21Cl2N3O5/c1-28(2)11-12-33-22-14-19(25)20(26)15-23(22)34-24-18(7-4-10-27-24)21(30)9-8-16-5-3-6-17(13-16)29(31)32/h3-10,13-15H,11-12H2,1-2H3/b9-8+. The largest absolute Gasteiger partial charge is 0.488 e. The summed E-state index contributed by atoms with van der Waals surface area (Å²) in [5, 5.41) is 11.5. The summed E-state index contributed by atoms with van der Waals surface area (Å²) < 4.78 is 11.7. The van der Waals surface area contributed by atoms with E-state index < -0.39 is 10.7 Å². The summed E-state index contributed by atoms with van der Waals surface area (Å²) in [4.78, 5) is 29.5. The van der Waals surface area contributed by atoms with Gasteiger partial charge in [0, 0.05) is 37.0 Å². The number of allylic oxidation sites excluding steroid dienone is 1. The number of ketones is 1. The number of aromatic nitrogens is 1. The summed E-state index contributed by atoms with van der Waals surface area (Å²) in [5.41, 5.74) is 0.630. The maximum absolute atomic E-state index is 12.9. The molecule has 0 radical (unpaired) electrons. The topological polar surface area (TPSA) is 94.8 Å². The number of rotatable bonds is 10. The highest BCUT2D eigenvalue weighted by Gasteiger charge is 2.17. The van der Waals surface area contributed by atoms with Gasteiger partial charge < -0.3 is 14.4 Å². The molecular weight excluding hydrogens is 481 g/mol. The average molecular weight is 502 g/mol. The lowest BCUT2D eigenvalue weighted by atomic mass is 10.1. The van der Waals surface area contributed by atoms with Crippen molar-refractivity contribution in [3.8, 4) is 17.4 Å². The number of likely N-dealkylation sites (N-methyl/N-ethyl adjacent to an activating group) is 1. The summed E-state index contributed by atoms with van der Waals surface area (Å²) in [6.45, 7) is 1.04. The first-order valence-electron chi connectivity index (χ1n) is 10.1. The van der Waals surface area contributed by atoms with E-state index >= 15 is 0 Å². The van der Waals surface area contributed by atoms with Crippen molar-refractivity contribution in [2.75, 3.05) is 27.2 Å². The van der Waals surface area contributed by atoms with E-state index in [-0.39, 0.29) is 27.9 Å². The molecule has 8 nitrogen and oxygen atoms in total. The first-order valence-corrected chi connectivity index (χ1v) is 10.9. The van der Waals surface area contributed by atoms with Crippen LogP contribution in [0.3, 0.4) is 0 Å². The van der Waals surface area contributed by atoms with Gasteiger partial charge in [-0.15, -0.1) is 0 Å². The Morgan fingerprint density at radius 2 is 1.85 bits per heavy atom. The van der Waals surface area contributed by atoms with Crippen molar-refractivity contribution in [1.82, 2.24) is 9.88 Å². The molecule has 0 bridgehead atoms. The summed E-state index contributed by atoms with van der Waals surface area (Å²) in [6.07, 6.45) is 4.27. The van der Waals surface area contributed by atoms with E-state index in [1.807, 2.05) is 19.0 Å². The Morgan fingerprint density at radius 3 is 2.56 bits per heavy atom. The van der Waals surface area contributed by atoms with Crippen molar-refractivity contribution in [1.29, 1.82) is 0 Å². The number of ether oxygens (including phenoxy) is 2. The molecule has 0 saturated heterocycles. The SMILES string of the molecule is CN(C)CCOc1cc(Cl)c(Cl)cc1Oc1ncccc1C(=O)/C=C/c1cccc([N+](=O)[O-])c1. The van der Waals surface area contributed by atoms with Crippen LogP contribution in [-0.4, -0.2) is 47.8 Å². The summed E-state index contributed by atoms with van der Waals surface area (Å²) >= 11 is 12.3. The van der Waals surface area contributed by atoms with E-state index in [1.54, 1.807) is 30.3 Å². The molecule has 0 amide bonds. The van der Waals surface area contributed by atoms with Crippen molar-refractivity contribution in [2.45, 2.75) is 0 Å². The first kappa shape index (κ1) is 25.2. The third kappa shape index (κ3) is 6.77. The van der Waals surface area contributed by atoms with Gasteiger partial charge in [0.2, 0.25) is 5.88 Å². The lowest BCUT2D eigenvalue weighted by Gasteiger charge is -2.16. The Labute approximate surface area is 206 Å². The van der Waals surface area contributed by atoms with Crippen molar-refractivity contribution >= 4 is 40.7 Å². The van der Waals surface area contributed by atoms with Crippen molar-refractivity contribution in [3.63, 3.8) is 0 Å². The van der Waals surface area contributed by atoms with E-state index in [2.05, 4.69) is 4.98 Å². The molecule has 0 spiro atoms. The number of carbonyl (C=O) groups is 1. The number of nitro groups is 1. The van der Waals surface area contributed by atoms with Crippen molar-refractivity contribution in [2.24, 2.45) is 0 Å². The molecule has 0 fully saturated rings. The normalized spacial score (nSPS) is 11.1. The zero-order chi connectivity index (χ0) is 24.7. The molecular formula is C24H21Cl2N3O5. The Bertz CT molecular complexity index is 1230. The summed E-state index contributed by atoms with van der Waals surface area (Å²) in [7, 11) is 3.84. The van der Waals surface area contributed by atoms with Crippen LogP contribution in [0, 0.1) is 10.1 Å². The van der Waals surface area contributed by atoms with Crippen LogP contribution in [0.2, 0.25) is 10.0 Å². The Kier molecular flexibility index (Phi) is 8.59. The molecule has 0 aliphatic heterocycles. The highest BCUT2D eigenvalue weighted by Crippen LogP contribution is 2.38. The molecule has 0 aliphatic rings. The number of nitro benzene ring substituents is 1. The molecule has 1 heterocycles. The van der Waals surface area contributed by atoms with Gasteiger partial charge in [-0.3, -0.25) is 14.9 Å². The molecule has 1 aromatic heterocycles. The van der Waals surface area contributed by atoms with Crippen LogP contribution in [0.4, 0.5) is 5.69 Å². The summed E-state index contributed by atoms with van der Waals surface area (Å²) in [5.74, 6) is 0.257. The Hall–Kier alpha value is -3.46. The van der Waals surface area contributed by atoms with Gasteiger partial charge in [0.05, 0.1) is 20.5 Å². The van der Waals surface area contributed by atoms with Crippen LogP contribution in [0.1, 0.15) is 15.9 Å². The predicted molar refractivity (Wildman–Crippen MR) is 131 cm³/mol. The van der Waals surface area contributed by atoms with E-state index in [1.165, 1.54) is 36.5 Å². The van der Waals surface area contributed by atoms with Crippen LogP contribution in [0.15, 0.2) is 60.8 Å². The predicted octanol–water partition coefficient (Wildman–Crippen LogP) is 5.93. The number of carbonyl (C=O) groups excluding carboxylic acids is 1. The van der Waals surface area contributed by atoms with Gasteiger partial charge in [-0.1, -0.05) is 41.4 Å². The number of non-ortho nitro benzene ring substituents is 1. The van der Waals surface area contributed by atoms with Gasteiger partial charge in [0.15, 0.2) is 17.3 Å². The molecule has 0 aliphatic carbocycles. The van der Waals surface area contributed by atoms with Crippen LogP contribution in [-0.2, 0) is 0 Å². The second kappa shape index (κ2) is 11.6. The monoisotopic (exact) mass is 501 g/mol. The maximum Gasteiger partial charge on any atom is 0.270 e. The Balaban J connectivity index is 1.85. The number of pyridine rings is 1. The van der Waals surface area contributed by atoms with E-state index in [9.17, 15) is 14.9 Å². The Morgan fingerprint density at radius 1 is 1.12 bits per heavy atom. The first-order chi connectivity index (χ1) is 16.2. The lowest BCUT2D eigenvalue weighted by molar-refractivity contribution is -0.384. The highest BCUT2D eigenvalue weighted by molar-refractivity contribution is 6.42. The molecule has 3 aromatic rings. The fourth-order valence-corrected chi connectivity index (χ4v) is 3.12. The number of hydrogen-bond donors (Lipinski definition) is 0. The van der Waals surface area contributed by atoms with Gasteiger partial charge in [0.1, 0.15) is 6.61 Å². The fraction of sp³-hybridized carbons (Fsp3) is 0.167. The zero-order valence-corrected chi connectivity index (χ0v) is 19.9. The molecule has 2 aromatic carbocycles. The molecule has 34 heavy (non-hydrogen) atoms. The van der Waals surface area contributed by atoms with Gasteiger partial charge in [-0.05, 0) is 37.9 Å². The smallest absolute Gasteiger partial charge is 0.270 e. The summed E-state index contributed by atoms with van der Waals surface area (Å²) in [6, 6.07) is 12.2. The lowest BCUT2D eigenvalue weighted by Crippen LogP contribution is -2.19. The molecule has 0 N–H and O–H groups in total. The minimum atomic E-state index is -0.498. The molecule has 0 atom stereocenters. The van der Waals surface area contributed by atoms with E-state index in [0.29, 0.717) is 29.5 Å². The van der Waals surface area contributed by atoms with Crippen LogP contribution >= 0.6 is 23.2 Å². The third-order valence-corrected chi connectivity index (χ3v) is 5.26.